The Bertz CT molecular complexity index is 2110. The van der Waals surface area contributed by atoms with Crippen LogP contribution in [0.4, 0.5) is 11.4 Å². The molecule has 1 atom stereocenters. The average Bonchev–Trinajstić information content (AvgIpc) is 3.52. The maximum absolute atomic E-state index is 13.8. The van der Waals surface area contributed by atoms with E-state index in [0.29, 0.717) is 28.6 Å². The molecular formula is C38H27N3O3. The number of hydrogen-bond donors (Lipinski definition) is 0. The highest BCUT2D eigenvalue weighted by atomic mass is 16.5. The van der Waals surface area contributed by atoms with Crippen LogP contribution in [0, 0.1) is 0 Å². The molecule has 1 unspecified atom stereocenters. The van der Waals surface area contributed by atoms with Gasteiger partial charge in [0.25, 0.3) is 11.8 Å². The van der Waals surface area contributed by atoms with E-state index in [2.05, 4.69) is 47.5 Å². The Balaban J connectivity index is 1.28. The van der Waals surface area contributed by atoms with Gasteiger partial charge in [-0.1, -0.05) is 84.9 Å². The minimum atomic E-state index is -0.321. The number of hydrogen-bond acceptors (Lipinski definition) is 5. The predicted octanol–water partition coefficient (Wildman–Crippen LogP) is 8.16. The summed E-state index contributed by atoms with van der Waals surface area (Å²) in [6.45, 7) is 0. The summed E-state index contributed by atoms with van der Waals surface area (Å²) in [5.74, 6) is 0.156. The molecule has 0 radical (unpaired) electrons. The summed E-state index contributed by atoms with van der Waals surface area (Å²) in [7, 11) is 1.67. The lowest BCUT2D eigenvalue weighted by molar-refractivity contribution is 0.0893. The number of fused-ring (bicyclic) bond motifs is 1. The van der Waals surface area contributed by atoms with Gasteiger partial charge in [-0.05, 0) is 58.8 Å². The van der Waals surface area contributed by atoms with E-state index < -0.39 is 0 Å². The third kappa shape index (κ3) is 3.99. The fourth-order valence-electron chi connectivity index (χ4n) is 6.55. The van der Waals surface area contributed by atoms with E-state index in [1.54, 1.807) is 25.3 Å². The summed E-state index contributed by atoms with van der Waals surface area (Å²) in [6.07, 6.45) is 0.645. The second-order valence-electron chi connectivity index (χ2n) is 11.1. The van der Waals surface area contributed by atoms with Crippen molar-refractivity contribution in [1.82, 2.24) is 0 Å². The minimum absolute atomic E-state index is 0.0654. The Hall–Kier alpha value is -5.75. The monoisotopic (exact) mass is 573 g/mol. The highest BCUT2D eigenvalue weighted by Gasteiger charge is 2.36. The van der Waals surface area contributed by atoms with E-state index in [-0.39, 0.29) is 17.9 Å². The molecule has 0 bridgehead atoms. The second kappa shape index (κ2) is 10.2. The van der Waals surface area contributed by atoms with E-state index in [0.717, 1.165) is 44.4 Å². The predicted molar refractivity (Wildman–Crippen MR) is 175 cm³/mol. The van der Waals surface area contributed by atoms with Crippen LogP contribution in [-0.4, -0.2) is 24.6 Å². The molecular weight excluding hydrogens is 546 g/mol. The number of hydrazone groups is 1. The zero-order valence-corrected chi connectivity index (χ0v) is 24.0. The molecule has 0 saturated heterocycles. The molecule has 2 aliphatic rings. The van der Waals surface area contributed by atoms with Gasteiger partial charge in [0.15, 0.2) is 0 Å². The first-order valence-corrected chi connectivity index (χ1v) is 14.6. The Morgan fingerprint density at radius 2 is 1.32 bits per heavy atom. The molecule has 0 N–H and O–H groups in total. The number of benzene rings is 6. The van der Waals surface area contributed by atoms with Crippen molar-refractivity contribution in [3.63, 3.8) is 0 Å². The number of nitrogens with zero attached hydrogens (tertiary/aromatic N) is 3. The molecule has 0 saturated carbocycles. The van der Waals surface area contributed by atoms with Crippen molar-refractivity contribution < 1.29 is 14.3 Å². The van der Waals surface area contributed by atoms with Gasteiger partial charge in [-0.3, -0.25) is 14.6 Å². The van der Waals surface area contributed by atoms with Crippen molar-refractivity contribution in [3.8, 4) is 5.75 Å². The summed E-state index contributed by atoms with van der Waals surface area (Å²) >= 11 is 0. The number of para-hydroxylation sites is 1. The fourth-order valence-corrected chi connectivity index (χ4v) is 6.55. The van der Waals surface area contributed by atoms with Crippen LogP contribution >= 0.6 is 0 Å². The molecule has 2 aliphatic heterocycles. The molecule has 2 heterocycles. The first-order valence-electron chi connectivity index (χ1n) is 14.6. The number of anilines is 2. The summed E-state index contributed by atoms with van der Waals surface area (Å²) in [6, 6.07) is 41.3. The van der Waals surface area contributed by atoms with Crippen LogP contribution in [-0.2, 0) is 0 Å². The van der Waals surface area contributed by atoms with Crippen LogP contribution in [0.3, 0.4) is 0 Å². The van der Waals surface area contributed by atoms with Gasteiger partial charge in [0, 0.05) is 33.9 Å². The molecule has 0 aliphatic carbocycles. The van der Waals surface area contributed by atoms with Crippen molar-refractivity contribution in [2.45, 2.75) is 12.5 Å². The average molecular weight is 574 g/mol. The van der Waals surface area contributed by atoms with Crippen molar-refractivity contribution in [2.75, 3.05) is 17.0 Å². The first kappa shape index (κ1) is 25.9. The van der Waals surface area contributed by atoms with Crippen molar-refractivity contribution >= 4 is 50.4 Å². The second-order valence-corrected chi connectivity index (χ2v) is 11.1. The van der Waals surface area contributed by atoms with Crippen LogP contribution in [0.5, 0.6) is 5.75 Å². The highest BCUT2D eigenvalue weighted by molar-refractivity contribution is 6.37. The number of rotatable bonds is 5. The van der Waals surface area contributed by atoms with Gasteiger partial charge in [0.2, 0.25) is 0 Å². The lowest BCUT2D eigenvalue weighted by Crippen LogP contribution is -2.40. The molecule has 6 heteroatoms. The number of amides is 2. The molecule has 44 heavy (non-hydrogen) atoms. The number of ether oxygens (including phenoxy) is 1. The minimum Gasteiger partial charge on any atom is -0.497 e. The molecule has 212 valence electrons. The van der Waals surface area contributed by atoms with Gasteiger partial charge in [-0.15, -0.1) is 0 Å². The van der Waals surface area contributed by atoms with Crippen LogP contribution in [0.2, 0.25) is 0 Å². The molecule has 6 aromatic carbocycles. The normalized spacial score (nSPS) is 16.1. The topological polar surface area (TPSA) is 62.2 Å². The summed E-state index contributed by atoms with van der Waals surface area (Å²) < 4.78 is 5.43. The Labute approximate surface area is 254 Å². The van der Waals surface area contributed by atoms with E-state index in [4.69, 9.17) is 9.84 Å². The third-order valence-electron chi connectivity index (χ3n) is 8.66. The lowest BCUT2D eigenvalue weighted by atomic mass is 9.88. The van der Waals surface area contributed by atoms with Crippen LogP contribution < -0.4 is 14.6 Å². The van der Waals surface area contributed by atoms with Gasteiger partial charge in [-0.25, -0.2) is 4.90 Å². The van der Waals surface area contributed by atoms with Crippen molar-refractivity contribution in [2.24, 2.45) is 5.10 Å². The lowest BCUT2D eigenvalue weighted by Gasteiger charge is -2.27. The Morgan fingerprint density at radius 1 is 0.659 bits per heavy atom. The smallest absolute Gasteiger partial charge is 0.265 e. The van der Waals surface area contributed by atoms with E-state index >= 15 is 0 Å². The SMILES string of the molecule is COc1ccc(C2CC(c3ccc4c5c(cccc35)C(=O)N(c3ccccc3)C4=O)=NN2c2cccc3ccccc23)cc1. The number of carbonyl (C=O) groups excluding carboxylic acids is 2. The largest absolute Gasteiger partial charge is 0.497 e. The maximum atomic E-state index is 13.8. The van der Waals surface area contributed by atoms with Gasteiger partial charge in [0.1, 0.15) is 5.75 Å². The van der Waals surface area contributed by atoms with Gasteiger partial charge in [0.05, 0.1) is 30.2 Å². The van der Waals surface area contributed by atoms with Crippen LogP contribution in [0.1, 0.15) is 44.3 Å². The van der Waals surface area contributed by atoms with Crippen molar-refractivity contribution in [3.05, 3.63) is 150 Å². The van der Waals surface area contributed by atoms with E-state index in [1.807, 2.05) is 66.7 Å². The number of imide groups is 1. The van der Waals surface area contributed by atoms with Crippen LogP contribution in [0.15, 0.2) is 132 Å². The van der Waals surface area contributed by atoms with E-state index in [9.17, 15) is 9.59 Å². The highest BCUT2D eigenvalue weighted by Crippen LogP contribution is 2.42. The molecule has 8 rings (SSSR count). The van der Waals surface area contributed by atoms with Crippen molar-refractivity contribution in [1.29, 1.82) is 0 Å². The standard InChI is InChI=1S/C38H27N3O3/c1-44-27-19-17-25(18-20-27)35-23-33(39-41(35)34-16-7-10-24-9-5-6-13-28(24)34)29-21-22-32-36-30(29)14-8-15-31(36)37(42)40(38(32)43)26-11-3-2-4-12-26/h2-22,35H,23H2,1H3. The molecule has 2 amide bonds. The van der Waals surface area contributed by atoms with E-state index in [1.165, 1.54) is 4.90 Å². The third-order valence-corrected chi connectivity index (χ3v) is 8.66. The van der Waals surface area contributed by atoms with Gasteiger partial charge in [-0.2, -0.15) is 5.10 Å². The summed E-state index contributed by atoms with van der Waals surface area (Å²) in [5.41, 5.74) is 5.53. The Kier molecular flexibility index (Phi) is 6.01. The molecule has 0 aromatic heterocycles. The number of carbonyl (C=O) groups is 2. The Morgan fingerprint density at radius 3 is 2.11 bits per heavy atom. The van der Waals surface area contributed by atoms with Gasteiger partial charge >= 0.3 is 0 Å². The molecule has 6 nitrogen and oxygen atoms in total. The number of methoxy groups -OCH3 is 1. The zero-order chi connectivity index (χ0) is 29.8. The fraction of sp³-hybridized carbons (Fsp3) is 0.0789. The molecule has 0 fully saturated rings. The summed E-state index contributed by atoms with van der Waals surface area (Å²) in [5, 5.41) is 11.2. The quantitative estimate of drug-likeness (QED) is 0.195. The molecule has 0 spiro atoms. The summed E-state index contributed by atoms with van der Waals surface area (Å²) in [4.78, 5) is 28.8. The maximum Gasteiger partial charge on any atom is 0.265 e. The zero-order valence-electron chi connectivity index (χ0n) is 24.0. The van der Waals surface area contributed by atoms with Crippen LogP contribution in [0.25, 0.3) is 21.5 Å². The first-order chi connectivity index (χ1) is 21.6. The molecule has 6 aromatic rings. The van der Waals surface area contributed by atoms with Gasteiger partial charge < -0.3 is 4.74 Å².